The Morgan fingerprint density at radius 2 is 2.05 bits per heavy atom. The molecule has 0 aliphatic heterocycles. The number of nitriles is 1. The highest BCUT2D eigenvalue weighted by atomic mass is 15.2. The van der Waals surface area contributed by atoms with Crippen molar-refractivity contribution in [2.24, 2.45) is 0 Å². The van der Waals surface area contributed by atoms with Crippen LogP contribution in [0.15, 0.2) is 42.7 Å². The van der Waals surface area contributed by atoms with E-state index in [9.17, 15) is 0 Å². The van der Waals surface area contributed by atoms with E-state index in [2.05, 4.69) is 21.4 Å². The summed E-state index contributed by atoms with van der Waals surface area (Å²) >= 11 is 0. The van der Waals surface area contributed by atoms with Gasteiger partial charge in [-0.3, -0.25) is 4.98 Å². The molecule has 2 aromatic rings. The molecule has 1 heterocycles. The van der Waals surface area contributed by atoms with Gasteiger partial charge in [0.05, 0.1) is 24.9 Å². The average Bonchev–Trinajstić information content (AvgIpc) is 2.49. The Balaban J connectivity index is 2.34. The molecule has 0 fully saturated rings. The van der Waals surface area contributed by atoms with E-state index in [4.69, 9.17) is 5.26 Å². The van der Waals surface area contributed by atoms with Crippen molar-refractivity contribution in [1.29, 1.82) is 5.26 Å². The second kappa shape index (κ2) is 6.36. The van der Waals surface area contributed by atoms with Gasteiger partial charge in [-0.25, -0.2) is 4.98 Å². The van der Waals surface area contributed by atoms with Gasteiger partial charge in [-0.05, 0) is 12.1 Å². The summed E-state index contributed by atoms with van der Waals surface area (Å²) in [5.74, 6) is 1.43. The SMILES string of the molecule is CNc1cncc(N(CCC#N)c2ccccc2)n1. The van der Waals surface area contributed by atoms with Crippen LogP contribution < -0.4 is 10.2 Å². The largest absolute Gasteiger partial charge is 0.372 e. The van der Waals surface area contributed by atoms with E-state index in [1.54, 1.807) is 19.4 Å². The topological polar surface area (TPSA) is 64.8 Å². The second-order valence-corrected chi connectivity index (χ2v) is 3.91. The van der Waals surface area contributed by atoms with Crippen molar-refractivity contribution >= 4 is 17.3 Å². The number of aromatic nitrogens is 2. The minimum absolute atomic E-state index is 0.431. The molecule has 5 heteroatoms. The van der Waals surface area contributed by atoms with E-state index in [1.165, 1.54) is 0 Å². The van der Waals surface area contributed by atoms with Crippen LogP contribution in [0.3, 0.4) is 0 Å². The van der Waals surface area contributed by atoms with Gasteiger partial charge in [0, 0.05) is 19.3 Å². The molecule has 5 nitrogen and oxygen atoms in total. The number of para-hydroxylation sites is 1. The normalized spacial score (nSPS) is 9.68. The Morgan fingerprint density at radius 3 is 2.74 bits per heavy atom. The van der Waals surface area contributed by atoms with Gasteiger partial charge in [0.1, 0.15) is 5.82 Å². The number of hydrogen-bond donors (Lipinski definition) is 1. The Bertz CT molecular complexity index is 562. The fourth-order valence-corrected chi connectivity index (χ4v) is 1.75. The molecule has 96 valence electrons. The maximum atomic E-state index is 8.78. The van der Waals surface area contributed by atoms with Crippen LogP contribution in [-0.2, 0) is 0 Å². The number of rotatable bonds is 5. The number of nitrogens with zero attached hydrogens (tertiary/aromatic N) is 4. The van der Waals surface area contributed by atoms with E-state index in [0.717, 1.165) is 11.5 Å². The molecule has 0 amide bonds. The lowest BCUT2D eigenvalue weighted by molar-refractivity contribution is 0.920. The first-order valence-corrected chi connectivity index (χ1v) is 6.04. The van der Waals surface area contributed by atoms with Gasteiger partial charge in [-0.2, -0.15) is 5.26 Å². The summed E-state index contributed by atoms with van der Waals surface area (Å²) in [4.78, 5) is 10.6. The van der Waals surface area contributed by atoms with E-state index in [-0.39, 0.29) is 0 Å². The van der Waals surface area contributed by atoms with Crippen LogP contribution >= 0.6 is 0 Å². The van der Waals surface area contributed by atoms with Gasteiger partial charge in [-0.15, -0.1) is 0 Å². The monoisotopic (exact) mass is 253 g/mol. The molecule has 0 bridgehead atoms. The Labute approximate surface area is 112 Å². The molecule has 1 aromatic carbocycles. The van der Waals surface area contributed by atoms with E-state index < -0.39 is 0 Å². The van der Waals surface area contributed by atoms with Crippen LogP contribution in [0, 0.1) is 11.3 Å². The predicted molar refractivity (Wildman–Crippen MR) is 75.3 cm³/mol. The number of anilines is 3. The van der Waals surface area contributed by atoms with Gasteiger partial charge in [0.25, 0.3) is 0 Å². The summed E-state index contributed by atoms with van der Waals surface area (Å²) in [6.45, 7) is 0.586. The van der Waals surface area contributed by atoms with Gasteiger partial charge >= 0.3 is 0 Å². The lowest BCUT2D eigenvalue weighted by atomic mass is 10.2. The molecule has 0 unspecified atom stereocenters. The van der Waals surface area contributed by atoms with Crippen molar-refractivity contribution in [2.45, 2.75) is 6.42 Å². The quantitative estimate of drug-likeness (QED) is 0.887. The zero-order valence-corrected chi connectivity index (χ0v) is 10.7. The second-order valence-electron chi connectivity index (χ2n) is 3.91. The maximum absolute atomic E-state index is 8.78. The van der Waals surface area contributed by atoms with Crippen molar-refractivity contribution in [1.82, 2.24) is 9.97 Å². The number of nitrogens with one attached hydrogen (secondary N) is 1. The molecule has 2 rings (SSSR count). The average molecular weight is 253 g/mol. The third kappa shape index (κ3) is 3.19. The predicted octanol–water partition coefficient (Wildman–Crippen LogP) is 2.57. The standard InChI is InChI=1S/C14H15N5/c1-16-13-10-17-11-14(18-13)19(9-5-8-15)12-6-3-2-4-7-12/h2-4,6-7,10-11H,5,9H2,1H3,(H,16,18). The third-order valence-electron chi connectivity index (χ3n) is 2.67. The minimum Gasteiger partial charge on any atom is -0.372 e. The summed E-state index contributed by atoms with van der Waals surface area (Å²) in [5.41, 5.74) is 1.00. The Hall–Kier alpha value is -2.61. The van der Waals surface area contributed by atoms with E-state index in [1.807, 2.05) is 35.2 Å². The van der Waals surface area contributed by atoms with Crippen LogP contribution in [0.5, 0.6) is 0 Å². The molecule has 0 saturated carbocycles. The summed E-state index contributed by atoms with van der Waals surface area (Å²) in [5, 5.41) is 11.7. The van der Waals surface area contributed by atoms with E-state index in [0.29, 0.717) is 18.8 Å². The van der Waals surface area contributed by atoms with Crippen molar-refractivity contribution in [3.8, 4) is 6.07 Å². The third-order valence-corrected chi connectivity index (χ3v) is 2.67. The molecule has 1 N–H and O–H groups in total. The summed E-state index contributed by atoms with van der Waals surface area (Å²) in [6, 6.07) is 12.0. The highest BCUT2D eigenvalue weighted by Gasteiger charge is 2.10. The molecule has 0 spiro atoms. The first kappa shape index (κ1) is 12.8. The van der Waals surface area contributed by atoms with Crippen molar-refractivity contribution < 1.29 is 0 Å². The maximum Gasteiger partial charge on any atom is 0.154 e. The van der Waals surface area contributed by atoms with Gasteiger partial charge in [0.2, 0.25) is 0 Å². The number of hydrogen-bond acceptors (Lipinski definition) is 5. The molecule has 1 aromatic heterocycles. The lowest BCUT2D eigenvalue weighted by Crippen LogP contribution is -2.19. The molecule has 0 aliphatic rings. The highest BCUT2D eigenvalue weighted by molar-refractivity contribution is 5.60. The van der Waals surface area contributed by atoms with Crippen LogP contribution in [0.2, 0.25) is 0 Å². The molecular weight excluding hydrogens is 238 g/mol. The Kier molecular flexibility index (Phi) is 4.29. The highest BCUT2D eigenvalue weighted by Crippen LogP contribution is 2.23. The van der Waals surface area contributed by atoms with Gasteiger partial charge in [-0.1, -0.05) is 18.2 Å². The van der Waals surface area contributed by atoms with Gasteiger partial charge < -0.3 is 10.2 Å². The lowest BCUT2D eigenvalue weighted by Gasteiger charge is -2.22. The molecule has 0 saturated heterocycles. The molecule has 0 radical (unpaired) electrons. The van der Waals surface area contributed by atoms with Crippen LogP contribution in [-0.4, -0.2) is 23.6 Å². The summed E-state index contributed by atoms with van der Waals surface area (Å²) in [7, 11) is 1.80. The minimum atomic E-state index is 0.431. The molecule has 0 aliphatic carbocycles. The first-order valence-electron chi connectivity index (χ1n) is 6.04. The molecular formula is C14H15N5. The zero-order chi connectivity index (χ0) is 13.5. The summed E-state index contributed by atoms with van der Waals surface area (Å²) in [6.07, 6.45) is 3.79. The smallest absolute Gasteiger partial charge is 0.154 e. The fraction of sp³-hybridized carbons (Fsp3) is 0.214. The summed E-state index contributed by atoms with van der Waals surface area (Å²) < 4.78 is 0. The Morgan fingerprint density at radius 1 is 1.26 bits per heavy atom. The fourth-order valence-electron chi connectivity index (χ4n) is 1.75. The zero-order valence-electron chi connectivity index (χ0n) is 10.7. The van der Waals surface area contributed by atoms with Crippen molar-refractivity contribution in [2.75, 3.05) is 23.8 Å². The first-order chi connectivity index (χ1) is 9.35. The molecule has 0 atom stereocenters. The molecule has 19 heavy (non-hydrogen) atoms. The van der Waals surface area contributed by atoms with Crippen LogP contribution in [0.25, 0.3) is 0 Å². The van der Waals surface area contributed by atoms with Crippen LogP contribution in [0.4, 0.5) is 17.3 Å². The van der Waals surface area contributed by atoms with E-state index >= 15 is 0 Å². The van der Waals surface area contributed by atoms with Crippen molar-refractivity contribution in [3.05, 3.63) is 42.7 Å². The van der Waals surface area contributed by atoms with Crippen molar-refractivity contribution in [3.63, 3.8) is 0 Å². The number of benzene rings is 1. The van der Waals surface area contributed by atoms with Crippen LogP contribution in [0.1, 0.15) is 6.42 Å². The van der Waals surface area contributed by atoms with Gasteiger partial charge in [0.15, 0.2) is 5.82 Å².